The molecule has 1 fully saturated rings. The fourth-order valence-corrected chi connectivity index (χ4v) is 1.85. The van der Waals surface area contributed by atoms with Gasteiger partial charge in [-0.2, -0.15) is 0 Å². The van der Waals surface area contributed by atoms with Gasteiger partial charge in [0.25, 0.3) is 0 Å². The van der Waals surface area contributed by atoms with Gasteiger partial charge in [0.2, 0.25) is 0 Å². The number of nitrogens with two attached hydrogens (primary N) is 1. The zero-order valence-corrected chi connectivity index (χ0v) is 9.20. The Morgan fingerprint density at radius 2 is 2.20 bits per heavy atom. The number of nitrogens with zero attached hydrogens (tertiary/aromatic N) is 2. The van der Waals surface area contributed by atoms with Crippen molar-refractivity contribution >= 4 is 23.1 Å². The molecule has 5 heteroatoms. The van der Waals surface area contributed by atoms with Crippen molar-refractivity contribution in [2.45, 2.75) is 6.42 Å². The van der Waals surface area contributed by atoms with Crippen LogP contribution in [0.3, 0.4) is 0 Å². The first-order chi connectivity index (χ1) is 7.25. The lowest BCUT2D eigenvalue weighted by Gasteiger charge is -2.20. The van der Waals surface area contributed by atoms with Crippen molar-refractivity contribution < 1.29 is 4.74 Å². The largest absolute Gasteiger partial charge is 0.399 e. The normalized spacial score (nSPS) is 17.5. The Bertz CT molecular complexity index is 317. The molecule has 0 atom stereocenters. The van der Waals surface area contributed by atoms with Crippen LogP contribution in [0.5, 0.6) is 0 Å². The molecule has 1 aromatic heterocycles. The zero-order valence-electron chi connectivity index (χ0n) is 8.45. The first-order valence-corrected chi connectivity index (χ1v) is 5.39. The van der Waals surface area contributed by atoms with Crippen LogP contribution in [-0.2, 0) is 4.74 Å². The predicted molar refractivity (Wildman–Crippen MR) is 61.3 cm³/mol. The average Bonchev–Trinajstić information content (AvgIpc) is 2.43. The molecule has 0 radical (unpaired) electrons. The van der Waals surface area contributed by atoms with E-state index in [1.165, 1.54) is 0 Å². The second-order valence-electron chi connectivity index (χ2n) is 3.53. The molecular formula is C10H14ClN3O. The van der Waals surface area contributed by atoms with Crippen molar-refractivity contribution in [2.75, 3.05) is 36.9 Å². The lowest BCUT2D eigenvalue weighted by atomic mass is 10.3. The third-order valence-corrected chi connectivity index (χ3v) is 2.54. The number of nitrogen functional groups attached to an aromatic ring is 1. The molecule has 1 aliphatic rings. The van der Waals surface area contributed by atoms with Gasteiger partial charge < -0.3 is 15.4 Å². The van der Waals surface area contributed by atoms with Gasteiger partial charge in [-0.05, 0) is 12.5 Å². The van der Waals surface area contributed by atoms with Crippen molar-refractivity contribution in [3.63, 3.8) is 0 Å². The minimum atomic E-state index is 0.440. The summed E-state index contributed by atoms with van der Waals surface area (Å²) in [6.07, 6.45) is 1.01. The summed E-state index contributed by atoms with van der Waals surface area (Å²) >= 11 is 5.86. The Morgan fingerprint density at radius 1 is 1.33 bits per heavy atom. The van der Waals surface area contributed by atoms with Gasteiger partial charge >= 0.3 is 0 Å². The summed E-state index contributed by atoms with van der Waals surface area (Å²) in [6, 6.07) is 3.50. The molecule has 1 aliphatic heterocycles. The Kier molecular flexibility index (Phi) is 3.28. The maximum atomic E-state index is 5.86. The topological polar surface area (TPSA) is 51.4 Å². The fraction of sp³-hybridized carbons (Fsp3) is 0.500. The first kappa shape index (κ1) is 10.5. The highest BCUT2D eigenvalue weighted by molar-refractivity contribution is 6.29. The molecule has 2 heterocycles. The number of halogens is 1. The summed E-state index contributed by atoms with van der Waals surface area (Å²) in [5, 5.41) is 0.440. The molecule has 15 heavy (non-hydrogen) atoms. The second-order valence-corrected chi connectivity index (χ2v) is 3.92. The lowest BCUT2D eigenvalue weighted by Crippen LogP contribution is -2.26. The molecule has 1 aromatic rings. The van der Waals surface area contributed by atoms with Crippen LogP contribution >= 0.6 is 11.6 Å². The quantitative estimate of drug-likeness (QED) is 0.740. The van der Waals surface area contributed by atoms with Crippen LogP contribution in [0.4, 0.5) is 11.5 Å². The molecule has 2 N–H and O–H groups in total. The molecule has 0 saturated carbocycles. The molecule has 4 nitrogen and oxygen atoms in total. The summed E-state index contributed by atoms with van der Waals surface area (Å²) in [5.41, 5.74) is 6.37. The molecule has 82 valence electrons. The van der Waals surface area contributed by atoms with E-state index < -0.39 is 0 Å². The van der Waals surface area contributed by atoms with Gasteiger partial charge in [-0.25, -0.2) is 4.98 Å². The number of aromatic nitrogens is 1. The number of hydrogen-bond acceptors (Lipinski definition) is 4. The maximum absolute atomic E-state index is 5.86. The predicted octanol–water partition coefficient (Wildman–Crippen LogP) is 1.54. The molecule has 2 rings (SSSR count). The minimum absolute atomic E-state index is 0.440. The molecule has 0 aliphatic carbocycles. The highest BCUT2D eigenvalue weighted by Gasteiger charge is 2.12. The van der Waals surface area contributed by atoms with Crippen molar-refractivity contribution in [1.29, 1.82) is 0 Å². The zero-order chi connectivity index (χ0) is 10.7. The molecule has 0 aromatic carbocycles. The highest BCUT2D eigenvalue weighted by Crippen LogP contribution is 2.20. The van der Waals surface area contributed by atoms with E-state index in [0.717, 1.165) is 38.5 Å². The number of pyridine rings is 1. The van der Waals surface area contributed by atoms with Crippen molar-refractivity contribution in [2.24, 2.45) is 0 Å². The van der Waals surface area contributed by atoms with Gasteiger partial charge in [0.1, 0.15) is 11.0 Å². The van der Waals surface area contributed by atoms with Crippen LogP contribution in [0, 0.1) is 0 Å². The molecule has 1 saturated heterocycles. The third kappa shape index (κ3) is 2.73. The van der Waals surface area contributed by atoms with Crippen LogP contribution < -0.4 is 10.6 Å². The van der Waals surface area contributed by atoms with Gasteiger partial charge in [0.05, 0.1) is 6.61 Å². The van der Waals surface area contributed by atoms with Crippen LogP contribution in [0.1, 0.15) is 6.42 Å². The van der Waals surface area contributed by atoms with E-state index in [1.807, 2.05) is 6.07 Å². The van der Waals surface area contributed by atoms with Gasteiger partial charge in [-0.3, -0.25) is 0 Å². The number of ether oxygens (including phenoxy) is 1. The summed E-state index contributed by atoms with van der Waals surface area (Å²) in [4.78, 5) is 6.40. The summed E-state index contributed by atoms with van der Waals surface area (Å²) in [5.74, 6) is 0.838. The first-order valence-electron chi connectivity index (χ1n) is 5.01. The number of hydrogen-bond donors (Lipinski definition) is 1. The van der Waals surface area contributed by atoms with Crippen LogP contribution in [0.25, 0.3) is 0 Å². The smallest absolute Gasteiger partial charge is 0.133 e. The van der Waals surface area contributed by atoms with Crippen molar-refractivity contribution in [1.82, 2.24) is 4.98 Å². The number of anilines is 2. The SMILES string of the molecule is Nc1cc(Cl)nc(N2CCCOCC2)c1. The van der Waals surface area contributed by atoms with Crippen LogP contribution in [-0.4, -0.2) is 31.3 Å². The Labute approximate surface area is 94.0 Å². The van der Waals surface area contributed by atoms with E-state index in [0.29, 0.717) is 10.8 Å². The van der Waals surface area contributed by atoms with Gasteiger partial charge in [0.15, 0.2) is 0 Å². The molecule has 0 unspecified atom stereocenters. The van der Waals surface area contributed by atoms with Crippen LogP contribution in [0.15, 0.2) is 12.1 Å². The molecule has 0 amide bonds. The Hall–Kier alpha value is -1.00. The lowest BCUT2D eigenvalue weighted by molar-refractivity contribution is 0.152. The van der Waals surface area contributed by atoms with Gasteiger partial charge in [0, 0.05) is 31.5 Å². The molecule has 0 bridgehead atoms. The van der Waals surface area contributed by atoms with Crippen molar-refractivity contribution in [3.05, 3.63) is 17.3 Å². The van der Waals surface area contributed by atoms with Gasteiger partial charge in [-0.1, -0.05) is 11.6 Å². The highest BCUT2D eigenvalue weighted by atomic mass is 35.5. The van der Waals surface area contributed by atoms with Crippen LogP contribution in [0.2, 0.25) is 5.15 Å². The number of rotatable bonds is 1. The summed E-state index contributed by atoms with van der Waals surface area (Å²) in [6.45, 7) is 3.32. The maximum Gasteiger partial charge on any atom is 0.133 e. The Morgan fingerprint density at radius 3 is 3.00 bits per heavy atom. The third-order valence-electron chi connectivity index (χ3n) is 2.35. The van der Waals surface area contributed by atoms with E-state index in [1.54, 1.807) is 6.07 Å². The molecular weight excluding hydrogens is 214 g/mol. The molecule has 0 spiro atoms. The Balaban J connectivity index is 2.19. The monoisotopic (exact) mass is 227 g/mol. The second kappa shape index (κ2) is 4.68. The van der Waals surface area contributed by atoms with E-state index >= 15 is 0 Å². The minimum Gasteiger partial charge on any atom is -0.399 e. The summed E-state index contributed by atoms with van der Waals surface area (Å²) in [7, 11) is 0. The van der Waals surface area contributed by atoms with Gasteiger partial charge in [-0.15, -0.1) is 0 Å². The average molecular weight is 228 g/mol. The van der Waals surface area contributed by atoms with E-state index in [2.05, 4.69) is 9.88 Å². The van der Waals surface area contributed by atoms with Crippen molar-refractivity contribution in [3.8, 4) is 0 Å². The fourth-order valence-electron chi connectivity index (χ4n) is 1.64. The summed E-state index contributed by atoms with van der Waals surface area (Å²) < 4.78 is 5.37. The van der Waals surface area contributed by atoms with E-state index in [9.17, 15) is 0 Å². The van der Waals surface area contributed by atoms with E-state index in [4.69, 9.17) is 22.1 Å². The standard InChI is InChI=1S/C10H14ClN3O/c11-9-6-8(12)7-10(13-9)14-2-1-4-15-5-3-14/h6-7H,1-5H2,(H2,12,13). The van der Waals surface area contributed by atoms with E-state index in [-0.39, 0.29) is 0 Å².